The second kappa shape index (κ2) is 5.51. The van der Waals surface area contributed by atoms with E-state index in [0.29, 0.717) is 5.75 Å². The maximum absolute atomic E-state index is 11.9. The quantitative estimate of drug-likeness (QED) is 0.677. The molecule has 0 fully saturated rings. The van der Waals surface area contributed by atoms with Crippen LogP contribution in [-0.2, 0) is 0 Å². The summed E-state index contributed by atoms with van der Waals surface area (Å²) in [7, 11) is 1.51. The number of rotatable bonds is 4. The third-order valence-corrected chi connectivity index (χ3v) is 3.25. The van der Waals surface area contributed by atoms with Gasteiger partial charge in [0.2, 0.25) is 0 Å². The van der Waals surface area contributed by atoms with E-state index in [1.54, 1.807) is 29.5 Å². The highest BCUT2D eigenvalue weighted by molar-refractivity contribution is 7.10. The second-order valence-electron chi connectivity index (χ2n) is 3.60. The second-order valence-corrected chi connectivity index (χ2v) is 4.58. The Balaban J connectivity index is 2.19. The molecule has 0 amide bonds. The Labute approximate surface area is 109 Å². The molecule has 0 radical (unpaired) electrons. The lowest BCUT2D eigenvalue weighted by molar-refractivity contribution is 0.104. The zero-order valence-corrected chi connectivity index (χ0v) is 10.6. The van der Waals surface area contributed by atoms with Gasteiger partial charge in [-0.1, -0.05) is 6.07 Å². The van der Waals surface area contributed by atoms with E-state index in [2.05, 4.69) is 0 Å². The smallest absolute Gasteiger partial charge is 0.189 e. The van der Waals surface area contributed by atoms with Crippen LogP contribution in [0.15, 0.2) is 41.8 Å². The number of allylic oxidation sites excluding steroid dienone is 1. The topological polar surface area (TPSA) is 46.5 Å². The molecular weight excluding hydrogens is 248 g/mol. The van der Waals surface area contributed by atoms with Gasteiger partial charge in [-0.3, -0.25) is 4.79 Å². The van der Waals surface area contributed by atoms with Crippen molar-refractivity contribution < 1.29 is 14.6 Å². The number of carbonyl (C=O) groups is 1. The predicted octanol–water partition coefficient (Wildman–Crippen LogP) is 3.36. The van der Waals surface area contributed by atoms with Crippen molar-refractivity contribution in [3.05, 3.63) is 52.2 Å². The summed E-state index contributed by atoms with van der Waals surface area (Å²) in [6.45, 7) is 0. The molecule has 1 heterocycles. The molecule has 3 nitrogen and oxygen atoms in total. The Hall–Kier alpha value is -2.07. The van der Waals surface area contributed by atoms with Crippen molar-refractivity contribution in [2.24, 2.45) is 0 Å². The number of ether oxygens (including phenoxy) is 1. The summed E-state index contributed by atoms with van der Waals surface area (Å²) >= 11 is 1.55. The minimum Gasteiger partial charge on any atom is -0.507 e. The van der Waals surface area contributed by atoms with E-state index in [0.717, 1.165) is 4.88 Å². The first kappa shape index (κ1) is 12.4. The fourth-order valence-corrected chi connectivity index (χ4v) is 2.10. The number of phenolic OH excluding ortho intramolecular Hbond substituents is 1. The van der Waals surface area contributed by atoms with Crippen molar-refractivity contribution in [1.82, 2.24) is 0 Å². The van der Waals surface area contributed by atoms with Gasteiger partial charge >= 0.3 is 0 Å². The third kappa shape index (κ3) is 2.78. The van der Waals surface area contributed by atoms with E-state index in [-0.39, 0.29) is 17.1 Å². The average Bonchev–Trinajstić information content (AvgIpc) is 2.88. The van der Waals surface area contributed by atoms with Gasteiger partial charge in [-0.05, 0) is 35.7 Å². The van der Waals surface area contributed by atoms with Gasteiger partial charge in [-0.15, -0.1) is 11.3 Å². The summed E-state index contributed by atoms with van der Waals surface area (Å²) in [5, 5.41) is 11.7. The molecule has 0 aliphatic heterocycles. The van der Waals surface area contributed by atoms with Gasteiger partial charge in [0, 0.05) is 10.9 Å². The molecule has 2 aromatic rings. The van der Waals surface area contributed by atoms with Gasteiger partial charge < -0.3 is 9.84 Å². The summed E-state index contributed by atoms with van der Waals surface area (Å²) in [4.78, 5) is 12.9. The zero-order valence-electron chi connectivity index (χ0n) is 9.79. The van der Waals surface area contributed by atoms with Crippen molar-refractivity contribution in [3.8, 4) is 11.5 Å². The van der Waals surface area contributed by atoms with Crippen LogP contribution in [0.5, 0.6) is 11.5 Å². The summed E-state index contributed by atoms with van der Waals surface area (Å²) in [6, 6.07) is 8.45. The molecule has 1 aromatic carbocycles. The number of hydrogen-bond donors (Lipinski definition) is 1. The first-order valence-electron chi connectivity index (χ1n) is 5.33. The Morgan fingerprint density at radius 1 is 1.39 bits per heavy atom. The number of benzene rings is 1. The lowest BCUT2D eigenvalue weighted by atomic mass is 10.1. The minimum atomic E-state index is -0.233. The molecule has 4 heteroatoms. The van der Waals surface area contributed by atoms with Crippen LogP contribution in [0.1, 0.15) is 15.2 Å². The van der Waals surface area contributed by atoms with Crippen LogP contribution in [0.3, 0.4) is 0 Å². The van der Waals surface area contributed by atoms with Gasteiger partial charge in [0.1, 0.15) is 11.5 Å². The van der Waals surface area contributed by atoms with Crippen LogP contribution in [0.2, 0.25) is 0 Å². The summed E-state index contributed by atoms with van der Waals surface area (Å²) in [5.74, 6) is 0.213. The van der Waals surface area contributed by atoms with Gasteiger partial charge in [0.05, 0.1) is 12.7 Å². The van der Waals surface area contributed by atoms with Crippen LogP contribution in [-0.4, -0.2) is 18.0 Å². The molecule has 0 bridgehead atoms. The predicted molar refractivity (Wildman–Crippen MR) is 72.3 cm³/mol. The Morgan fingerprint density at radius 3 is 2.83 bits per heavy atom. The maximum atomic E-state index is 11.9. The van der Waals surface area contributed by atoms with E-state index >= 15 is 0 Å². The highest BCUT2D eigenvalue weighted by Gasteiger charge is 2.09. The molecule has 2 rings (SSSR count). The van der Waals surface area contributed by atoms with Crippen LogP contribution >= 0.6 is 11.3 Å². The van der Waals surface area contributed by atoms with Crippen molar-refractivity contribution in [1.29, 1.82) is 0 Å². The zero-order chi connectivity index (χ0) is 13.0. The van der Waals surface area contributed by atoms with Crippen LogP contribution < -0.4 is 4.74 Å². The fourth-order valence-electron chi connectivity index (χ4n) is 1.48. The highest BCUT2D eigenvalue weighted by Crippen LogP contribution is 2.24. The standard InChI is InChI=1S/C14H12O3S/c1-17-10-4-6-12(14(16)9-10)13(15)7-5-11-3-2-8-18-11/h2-9,16H,1H3/b7-5-. The first-order valence-corrected chi connectivity index (χ1v) is 6.21. The monoisotopic (exact) mass is 260 g/mol. The molecule has 1 aromatic heterocycles. The molecule has 0 saturated carbocycles. The fraction of sp³-hybridized carbons (Fsp3) is 0.0714. The van der Waals surface area contributed by atoms with Gasteiger partial charge in [0.15, 0.2) is 5.78 Å². The largest absolute Gasteiger partial charge is 0.507 e. The van der Waals surface area contributed by atoms with Crippen molar-refractivity contribution in [2.75, 3.05) is 7.11 Å². The number of methoxy groups -OCH3 is 1. The Bertz CT molecular complexity index is 571. The van der Waals surface area contributed by atoms with E-state index in [1.165, 1.54) is 19.3 Å². The summed E-state index contributed by atoms with van der Waals surface area (Å²) in [6.07, 6.45) is 3.18. The molecule has 0 saturated heterocycles. The number of aromatic hydroxyl groups is 1. The maximum Gasteiger partial charge on any atom is 0.189 e. The van der Waals surface area contributed by atoms with Gasteiger partial charge in [0.25, 0.3) is 0 Å². The minimum absolute atomic E-state index is 0.0739. The third-order valence-electron chi connectivity index (χ3n) is 2.41. The lowest BCUT2D eigenvalue weighted by Crippen LogP contribution is -1.95. The molecule has 0 atom stereocenters. The molecular formula is C14H12O3S. The molecule has 0 aliphatic carbocycles. The van der Waals surface area contributed by atoms with Gasteiger partial charge in [-0.25, -0.2) is 0 Å². The average molecular weight is 260 g/mol. The van der Waals surface area contributed by atoms with Crippen LogP contribution in [0.25, 0.3) is 6.08 Å². The molecule has 0 unspecified atom stereocenters. The van der Waals surface area contributed by atoms with E-state index in [1.807, 2.05) is 17.5 Å². The lowest BCUT2D eigenvalue weighted by Gasteiger charge is -2.03. The first-order chi connectivity index (χ1) is 8.70. The molecule has 92 valence electrons. The van der Waals surface area contributed by atoms with E-state index in [4.69, 9.17) is 4.74 Å². The number of hydrogen-bond acceptors (Lipinski definition) is 4. The van der Waals surface area contributed by atoms with Crippen molar-refractivity contribution in [3.63, 3.8) is 0 Å². The molecule has 0 spiro atoms. The van der Waals surface area contributed by atoms with Crippen molar-refractivity contribution >= 4 is 23.2 Å². The summed E-state index contributed by atoms with van der Waals surface area (Å²) in [5.41, 5.74) is 0.267. The Morgan fingerprint density at radius 2 is 2.22 bits per heavy atom. The number of ketones is 1. The van der Waals surface area contributed by atoms with E-state index < -0.39 is 0 Å². The number of carbonyl (C=O) groups excluding carboxylic acids is 1. The van der Waals surface area contributed by atoms with Crippen LogP contribution in [0, 0.1) is 0 Å². The molecule has 18 heavy (non-hydrogen) atoms. The number of phenols is 1. The van der Waals surface area contributed by atoms with E-state index in [9.17, 15) is 9.90 Å². The Kier molecular flexibility index (Phi) is 3.79. The highest BCUT2D eigenvalue weighted by atomic mass is 32.1. The van der Waals surface area contributed by atoms with Gasteiger partial charge in [-0.2, -0.15) is 0 Å². The summed E-state index contributed by atoms with van der Waals surface area (Å²) < 4.78 is 4.96. The molecule has 0 aliphatic rings. The van der Waals surface area contributed by atoms with Crippen LogP contribution in [0.4, 0.5) is 0 Å². The SMILES string of the molecule is COc1ccc(C(=O)/C=C\c2cccs2)c(O)c1. The normalized spacial score (nSPS) is 10.7. The molecule has 1 N–H and O–H groups in total. The van der Waals surface area contributed by atoms with Crippen molar-refractivity contribution in [2.45, 2.75) is 0 Å². The number of thiophene rings is 1.